The molecule has 0 fully saturated rings. The largest absolute Gasteiger partial charge is 0.398 e. The second-order valence-electron chi connectivity index (χ2n) is 4.04. The first-order chi connectivity index (χ1) is 9.15. The van der Waals surface area contributed by atoms with E-state index in [1.165, 1.54) is 0 Å². The van der Waals surface area contributed by atoms with E-state index in [-0.39, 0.29) is 0 Å². The number of halogens is 1. The average Bonchev–Trinajstić information content (AvgIpc) is 3.00. The maximum Gasteiger partial charge on any atom is 0.260 e. The summed E-state index contributed by atoms with van der Waals surface area (Å²) in [5, 5.41) is 4.48. The van der Waals surface area contributed by atoms with Gasteiger partial charge in [-0.2, -0.15) is 4.98 Å². The Morgan fingerprint density at radius 1 is 1.37 bits per heavy atom. The van der Waals surface area contributed by atoms with Crippen LogP contribution in [0.15, 0.2) is 35.2 Å². The van der Waals surface area contributed by atoms with E-state index in [0.29, 0.717) is 28.0 Å². The Bertz CT molecular complexity index is 733. The smallest absolute Gasteiger partial charge is 0.260 e. The summed E-state index contributed by atoms with van der Waals surface area (Å²) in [4.78, 5) is 8.32. The topological polar surface area (TPSA) is 82.8 Å². The SMILES string of the molecule is Cn1cncc1-c1noc(-c2cc(Cl)ccc2N)n1. The van der Waals surface area contributed by atoms with Gasteiger partial charge in [-0.25, -0.2) is 4.98 Å². The summed E-state index contributed by atoms with van der Waals surface area (Å²) in [6, 6.07) is 5.10. The summed E-state index contributed by atoms with van der Waals surface area (Å²) < 4.78 is 7.03. The molecule has 0 aliphatic carbocycles. The number of hydrogen-bond acceptors (Lipinski definition) is 5. The summed E-state index contributed by atoms with van der Waals surface area (Å²) in [6.45, 7) is 0. The molecule has 2 N–H and O–H groups in total. The van der Waals surface area contributed by atoms with Crippen LogP contribution in [0.1, 0.15) is 0 Å². The van der Waals surface area contributed by atoms with E-state index < -0.39 is 0 Å². The minimum Gasteiger partial charge on any atom is -0.398 e. The van der Waals surface area contributed by atoms with Gasteiger partial charge in [0.25, 0.3) is 5.89 Å². The molecule has 0 atom stereocenters. The number of hydrogen-bond donors (Lipinski definition) is 1. The number of rotatable bonds is 2. The molecule has 0 spiro atoms. The molecule has 6 nitrogen and oxygen atoms in total. The molecule has 96 valence electrons. The maximum atomic E-state index is 5.94. The van der Waals surface area contributed by atoms with Crippen molar-refractivity contribution in [1.29, 1.82) is 0 Å². The van der Waals surface area contributed by atoms with Gasteiger partial charge in [-0.05, 0) is 18.2 Å². The summed E-state index contributed by atoms with van der Waals surface area (Å²) >= 11 is 5.94. The van der Waals surface area contributed by atoms with E-state index in [1.807, 2.05) is 7.05 Å². The van der Waals surface area contributed by atoms with E-state index >= 15 is 0 Å². The quantitative estimate of drug-likeness (QED) is 0.726. The van der Waals surface area contributed by atoms with E-state index in [0.717, 1.165) is 5.69 Å². The van der Waals surface area contributed by atoms with Gasteiger partial charge >= 0.3 is 0 Å². The number of anilines is 1. The monoisotopic (exact) mass is 275 g/mol. The van der Waals surface area contributed by atoms with Gasteiger partial charge in [-0.3, -0.25) is 0 Å². The molecule has 3 aromatic rings. The minimum absolute atomic E-state index is 0.330. The molecular formula is C12H10ClN5O. The third-order valence-corrected chi connectivity index (χ3v) is 2.95. The van der Waals surface area contributed by atoms with E-state index in [9.17, 15) is 0 Å². The second-order valence-corrected chi connectivity index (χ2v) is 4.48. The average molecular weight is 276 g/mol. The lowest BCUT2D eigenvalue weighted by molar-refractivity contribution is 0.432. The minimum atomic E-state index is 0.330. The van der Waals surface area contributed by atoms with Crippen molar-refractivity contribution < 1.29 is 4.52 Å². The Kier molecular flexibility index (Phi) is 2.72. The molecule has 19 heavy (non-hydrogen) atoms. The molecule has 0 saturated carbocycles. The molecule has 2 heterocycles. The fraction of sp³-hybridized carbons (Fsp3) is 0.0833. The van der Waals surface area contributed by atoms with Crippen molar-refractivity contribution in [1.82, 2.24) is 19.7 Å². The third-order valence-electron chi connectivity index (χ3n) is 2.72. The van der Waals surface area contributed by atoms with Crippen molar-refractivity contribution in [3.63, 3.8) is 0 Å². The second kappa shape index (κ2) is 4.40. The summed E-state index contributed by atoms with van der Waals surface area (Å²) in [7, 11) is 1.85. The van der Waals surface area contributed by atoms with Gasteiger partial charge in [0.1, 0.15) is 5.69 Å². The van der Waals surface area contributed by atoms with Gasteiger partial charge in [0.2, 0.25) is 5.82 Å². The fourth-order valence-electron chi connectivity index (χ4n) is 1.72. The van der Waals surface area contributed by atoms with Crippen molar-refractivity contribution >= 4 is 17.3 Å². The first-order valence-corrected chi connectivity index (χ1v) is 5.89. The number of aromatic nitrogens is 4. The molecule has 3 rings (SSSR count). The number of nitrogens with zero attached hydrogens (tertiary/aromatic N) is 4. The molecule has 0 saturated heterocycles. The highest BCUT2D eigenvalue weighted by molar-refractivity contribution is 6.31. The van der Waals surface area contributed by atoms with Crippen LogP contribution in [0.3, 0.4) is 0 Å². The first-order valence-electron chi connectivity index (χ1n) is 5.51. The van der Waals surface area contributed by atoms with E-state index in [1.54, 1.807) is 35.3 Å². The molecule has 0 bridgehead atoms. The zero-order chi connectivity index (χ0) is 13.4. The van der Waals surface area contributed by atoms with Crippen LogP contribution in [0.5, 0.6) is 0 Å². The highest BCUT2D eigenvalue weighted by Gasteiger charge is 2.15. The first kappa shape index (κ1) is 11.7. The number of nitrogen functional groups attached to an aromatic ring is 1. The zero-order valence-corrected chi connectivity index (χ0v) is 10.8. The van der Waals surface area contributed by atoms with Gasteiger partial charge < -0.3 is 14.8 Å². The van der Waals surface area contributed by atoms with Gasteiger partial charge in [0, 0.05) is 17.8 Å². The molecule has 0 amide bonds. The molecule has 0 aliphatic heterocycles. The van der Waals surface area contributed by atoms with Crippen LogP contribution in [0.2, 0.25) is 5.02 Å². The highest BCUT2D eigenvalue weighted by Crippen LogP contribution is 2.28. The van der Waals surface area contributed by atoms with Gasteiger partial charge in [0.15, 0.2) is 0 Å². The molecule has 2 aromatic heterocycles. The Morgan fingerprint density at radius 2 is 2.21 bits per heavy atom. The standard InChI is InChI=1S/C12H10ClN5O/c1-18-6-15-5-10(18)11-16-12(19-17-11)8-4-7(13)2-3-9(8)14/h2-6H,14H2,1H3. The lowest BCUT2D eigenvalue weighted by Gasteiger charge is -2.00. The number of imidazole rings is 1. The Balaban J connectivity index is 2.06. The fourth-order valence-corrected chi connectivity index (χ4v) is 1.90. The van der Waals surface area contributed by atoms with E-state index in [4.69, 9.17) is 21.9 Å². The van der Waals surface area contributed by atoms with Crippen molar-refractivity contribution in [3.05, 3.63) is 35.7 Å². The maximum absolute atomic E-state index is 5.94. The lowest BCUT2D eigenvalue weighted by atomic mass is 10.2. The Hall–Kier alpha value is -2.34. The van der Waals surface area contributed by atoms with Crippen molar-refractivity contribution in [2.75, 3.05) is 5.73 Å². The number of nitrogens with two attached hydrogens (primary N) is 1. The van der Waals surface area contributed by atoms with Gasteiger partial charge in [-0.1, -0.05) is 16.8 Å². The molecular weight excluding hydrogens is 266 g/mol. The molecule has 0 unspecified atom stereocenters. The molecule has 1 aromatic carbocycles. The molecule has 0 aliphatic rings. The Labute approximate surface area is 113 Å². The summed E-state index contributed by atoms with van der Waals surface area (Å²) in [5.41, 5.74) is 7.79. The van der Waals surface area contributed by atoms with Crippen LogP contribution >= 0.6 is 11.6 Å². The van der Waals surface area contributed by atoms with Crippen molar-refractivity contribution in [2.45, 2.75) is 0 Å². The highest BCUT2D eigenvalue weighted by atomic mass is 35.5. The predicted molar refractivity (Wildman–Crippen MR) is 71.4 cm³/mol. The van der Waals surface area contributed by atoms with Crippen molar-refractivity contribution in [2.24, 2.45) is 7.05 Å². The third kappa shape index (κ3) is 2.06. The zero-order valence-electron chi connectivity index (χ0n) is 10.0. The molecule has 7 heteroatoms. The van der Waals surface area contributed by atoms with Crippen LogP contribution in [-0.2, 0) is 7.05 Å². The van der Waals surface area contributed by atoms with Crippen LogP contribution < -0.4 is 5.73 Å². The van der Waals surface area contributed by atoms with Crippen LogP contribution in [0.25, 0.3) is 23.0 Å². The molecule has 0 radical (unpaired) electrons. The van der Waals surface area contributed by atoms with Crippen LogP contribution in [0, 0.1) is 0 Å². The van der Waals surface area contributed by atoms with Crippen LogP contribution in [0.4, 0.5) is 5.69 Å². The van der Waals surface area contributed by atoms with Gasteiger partial charge in [-0.15, -0.1) is 0 Å². The van der Waals surface area contributed by atoms with Crippen molar-refractivity contribution in [3.8, 4) is 23.0 Å². The summed E-state index contributed by atoms with van der Waals surface area (Å²) in [5.74, 6) is 0.783. The van der Waals surface area contributed by atoms with Crippen LogP contribution in [-0.4, -0.2) is 19.7 Å². The summed E-state index contributed by atoms with van der Waals surface area (Å²) in [6.07, 6.45) is 3.33. The number of benzene rings is 1. The number of aryl methyl sites for hydroxylation is 1. The van der Waals surface area contributed by atoms with Gasteiger partial charge in [0.05, 0.1) is 18.1 Å². The van der Waals surface area contributed by atoms with E-state index in [2.05, 4.69) is 15.1 Å². The predicted octanol–water partition coefficient (Wildman–Crippen LogP) is 2.37. The lowest BCUT2D eigenvalue weighted by Crippen LogP contribution is -1.92. The normalized spacial score (nSPS) is 10.8. The Morgan fingerprint density at radius 3 is 2.95 bits per heavy atom.